The Hall–Kier alpha value is -2.19. The van der Waals surface area contributed by atoms with E-state index in [1.807, 2.05) is 0 Å². The Morgan fingerprint density at radius 1 is 1.26 bits per heavy atom. The van der Waals surface area contributed by atoms with Crippen LogP contribution in [0.4, 0.5) is 20.6 Å². The molecule has 3 amide bonds. The number of carbonyl (C=O) groups is 2. The van der Waals surface area contributed by atoms with Crippen molar-refractivity contribution in [2.24, 2.45) is 0 Å². The Labute approximate surface area is 134 Å². The van der Waals surface area contributed by atoms with Crippen molar-refractivity contribution in [3.8, 4) is 0 Å². The zero-order chi connectivity index (χ0) is 16.7. The molecule has 8 heteroatoms. The Kier molecular flexibility index (Phi) is 6.30. The van der Waals surface area contributed by atoms with E-state index in [9.17, 15) is 14.0 Å². The van der Waals surface area contributed by atoms with Gasteiger partial charge in [0.15, 0.2) is 0 Å². The van der Waals surface area contributed by atoms with Crippen LogP contribution in [0.5, 0.6) is 0 Å². The molecule has 0 saturated carbocycles. The number of hydrogen-bond acceptors (Lipinski definition) is 4. The molecule has 2 rings (SSSR count). The zero-order valence-corrected chi connectivity index (χ0v) is 13.0. The number of urea groups is 1. The van der Waals surface area contributed by atoms with Crippen LogP contribution in [0.2, 0.25) is 0 Å². The van der Waals surface area contributed by atoms with Gasteiger partial charge in [-0.1, -0.05) is 0 Å². The molecule has 1 fully saturated rings. The third-order valence-electron chi connectivity index (χ3n) is 3.35. The number of carbonyl (C=O) groups excluding carboxylic acids is 2. The first-order valence-corrected chi connectivity index (χ1v) is 7.46. The molecule has 0 aromatic heterocycles. The van der Waals surface area contributed by atoms with Crippen LogP contribution in [0.15, 0.2) is 18.2 Å². The second-order valence-electron chi connectivity index (χ2n) is 5.21. The molecule has 126 valence electrons. The van der Waals surface area contributed by atoms with Crippen molar-refractivity contribution in [2.75, 3.05) is 50.0 Å². The Bertz CT molecular complexity index is 562. The number of rotatable bonds is 5. The van der Waals surface area contributed by atoms with Crippen molar-refractivity contribution in [3.63, 3.8) is 0 Å². The maximum atomic E-state index is 13.5. The second kappa shape index (κ2) is 8.44. The van der Waals surface area contributed by atoms with E-state index in [1.54, 1.807) is 0 Å². The van der Waals surface area contributed by atoms with Crippen LogP contribution in [0.3, 0.4) is 0 Å². The molecule has 0 radical (unpaired) electrons. The van der Waals surface area contributed by atoms with Gasteiger partial charge in [-0.3, -0.25) is 9.69 Å². The Morgan fingerprint density at radius 2 is 2.00 bits per heavy atom. The van der Waals surface area contributed by atoms with Crippen molar-refractivity contribution in [1.29, 1.82) is 0 Å². The molecular weight excluding hydrogens is 303 g/mol. The summed E-state index contributed by atoms with van der Waals surface area (Å²) >= 11 is 0. The summed E-state index contributed by atoms with van der Waals surface area (Å²) in [6, 6.07) is 3.62. The fourth-order valence-electron chi connectivity index (χ4n) is 2.22. The smallest absolute Gasteiger partial charge is 0.319 e. The van der Waals surface area contributed by atoms with Crippen LogP contribution in [-0.4, -0.2) is 56.2 Å². The zero-order valence-electron chi connectivity index (χ0n) is 13.0. The van der Waals surface area contributed by atoms with Gasteiger partial charge >= 0.3 is 6.03 Å². The van der Waals surface area contributed by atoms with Crippen molar-refractivity contribution in [1.82, 2.24) is 10.2 Å². The highest BCUT2D eigenvalue weighted by atomic mass is 19.1. The molecule has 23 heavy (non-hydrogen) atoms. The monoisotopic (exact) mass is 324 g/mol. The van der Waals surface area contributed by atoms with Gasteiger partial charge in [0.2, 0.25) is 5.91 Å². The lowest BCUT2D eigenvalue weighted by Crippen LogP contribution is -2.42. The van der Waals surface area contributed by atoms with E-state index in [2.05, 4.69) is 20.9 Å². The summed E-state index contributed by atoms with van der Waals surface area (Å²) in [5.74, 6) is -0.936. The summed E-state index contributed by atoms with van der Waals surface area (Å²) in [6.07, 6.45) is 0. The van der Waals surface area contributed by atoms with Gasteiger partial charge in [-0.15, -0.1) is 0 Å². The predicted octanol–water partition coefficient (Wildman–Crippen LogP) is 1.24. The molecule has 0 unspecified atom stereocenters. The Balaban J connectivity index is 1.79. The third-order valence-corrected chi connectivity index (χ3v) is 3.35. The molecule has 1 heterocycles. The van der Waals surface area contributed by atoms with E-state index in [0.717, 1.165) is 19.6 Å². The highest BCUT2D eigenvalue weighted by Crippen LogP contribution is 2.19. The molecule has 0 atom stereocenters. The van der Waals surface area contributed by atoms with E-state index < -0.39 is 5.82 Å². The van der Waals surface area contributed by atoms with Gasteiger partial charge in [-0.05, 0) is 18.2 Å². The molecule has 0 spiro atoms. The van der Waals surface area contributed by atoms with Crippen LogP contribution in [0.1, 0.15) is 6.92 Å². The minimum atomic E-state index is -0.557. The van der Waals surface area contributed by atoms with E-state index in [0.29, 0.717) is 25.4 Å². The predicted molar refractivity (Wildman–Crippen MR) is 85.0 cm³/mol. The summed E-state index contributed by atoms with van der Waals surface area (Å²) in [5, 5.41) is 7.72. The van der Waals surface area contributed by atoms with Crippen molar-refractivity contribution < 1.29 is 18.7 Å². The van der Waals surface area contributed by atoms with E-state index in [-0.39, 0.29) is 17.6 Å². The van der Waals surface area contributed by atoms with Crippen LogP contribution in [0.25, 0.3) is 0 Å². The maximum Gasteiger partial charge on any atom is 0.319 e. The fourth-order valence-corrected chi connectivity index (χ4v) is 2.22. The van der Waals surface area contributed by atoms with E-state index in [4.69, 9.17) is 4.74 Å². The third kappa shape index (κ3) is 5.84. The van der Waals surface area contributed by atoms with Crippen LogP contribution in [-0.2, 0) is 9.53 Å². The van der Waals surface area contributed by atoms with Crippen molar-refractivity contribution >= 4 is 23.3 Å². The van der Waals surface area contributed by atoms with Gasteiger partial charge in [-0.2, -0.15) is 0 Å². The highest BCUT2D eigenvalue weighted by Gasteiger charge is 2.11. The molecule has 7 nitrogen and oxygen atoms in total. The number of nitrogens with zero attached hydrogens (tertiary/aromatic N) is 1. The SMILES string of the molecule is CC(=O)Nc1cc(NC(=O)NCCN2CCOCC2)ccc1F. The number of halogens is 1. The number of benzene rings is 1. The van der Waals surface area contributed by atoms with Gasteiger partial charge in [0.25, 0.3) is 0 Å². The number of amides is 3. The topological polar surface area (TPSA) is 82.7 Å². The standard InChI is InChI=1S/C15H21FN4O3/c1-11(21)18-14-10-12(2-3-13(14)16)19-15(22)17-4-5-20-6-8-23-9-7-20/h2-3,10H,4-9H2,1H3,(H,18,21)(H2,17,19,22). The fraction of sp³-hybridized carbons (Fsp3) is 0.467. The highest BCUT2D eigenvalue weighted by molar-refractivity contribution is 5.92. The van der Waals surface area contributed by atoms with Gasteiger partial charge in [0.05, 0.1) is 18.9 Å². The first-order valence-electron chi connectivity index (χ1n) is 7.46. The minimum Gasteiger partial charge on any atom is -0.379 e. The first-order chi connectivity index (χ1) is 11.0. The number of nitrogens with one attached hydrogen (secondary N) is 3. The Morgan fingerprint density at radius 3 is 2.70 bits per heavy atom. The van der Waals surface area contributed by atoms with E-state index >= 15 is 0 Å². The van der Waals surface area contributed by atoms with Crippen LogP contribution < -0.4 is 16.0 Å². The summed E-state index contributed by atoms with van der Waals surface area (Å²) in [5.41, 5.74) is 0.433. The summed E-state index contributed by atoms with van der Waals surface area (Å²) < 4.78 is 18.8. The molecule has 1 aliphatic heterocycles. The average molecular weight is 324 g/mol. The first kappa shape index (κ1) is 17.2. The van der Waals surface area contributed by atoms with Gasteiger partial charge in [0.1, 0.15) is 5.82 Å². The second-order valence-corrected chi connectivity index (χ2v) is 5.21. The number of ether oxygens (including phenoxy) is 1. The maximum absolute atomic E-state index is 13.5. The molecule has 1 aromatic rings. The quantitative estimate of drug-likeness (QED) is 0.761. The molecule has 1 saturated heterocycles. The molecule has 1 aliphatic rings. The van der Waals surface area contributed by atoms with Gasteiger partial charge in [0, 0.05) is 38.8 Å². The minimum absolute atomic E-state index is 0.0311. The molecule has 1 aromatic carbocycles. The molecule has 0 aliphatic carbocycles. The largest absolute Gasteiger partial charge is 0.379 e. The van der Waals surface area contributed by atoms with Crippen molar-refractivity contribution in [3.05, 3.63) is 24.0 Å². The van der Waals surface area contributed by atoms with E-state index in [1.165, 1.54) is 25.1 Å². The number of hydrogen-bond donors (Lipinski definition) is 3. The van der Waals surface area contributed by atoms with Gasteiger partial charge in [-0.25, -0.2) is 9.18 Å². The average Bonchev–Trinajstić information content (AvgIpc) is 2.51. The van der Waals surface area contributed by atoms with Gasteiger partial charge < -0.3 is 20.7 Å². The van der Waals surface area contributed by atoms with Crippen LogP contribution >= 0.6 is 0 Å². The summed E-state index contributed by atoms with van der Waals surface area (Å²) in [4.78, 5) is 25.0. The summed E-state index contributed by atoms with van der Waals surface area (Å²) in [6.45, 7) is 5.70. The number of morpholine rings is 1. The lowest BCUT2D eigenvalue weighted by molar-refractivity contribution is -0.114. The molecular formula is C15H21FN4O3. The summed E-state index contributed by atoms with van der Waals surface area (Å²) in [7, 11) is 0. The normalized spacial score (nSPS) is 15.0. The lowest BCUT2D eigenvalue weighted by Gasteiger charge is -2.26. The van der Waals surface area contributed by atoms with Crippen LogP contribution in [0, 0.1) is 5.82 Å². The molecule has 3 N–H and O–H groups in total. The molecule has 0 bridgehead atoms. The lowest BCUT2D eigenvalue weighted by atomic mass is 10.2. The number of anilines is 2. The van der Waals surface area contributed by atoms with Crippen molar-refractivity contribution in [2.45, 2.75) is 6.92 Å².